The highest BCUT2D eigenvalue weighted by atomic mass is 16.5. The zero-order valence-electron chi connectivity index (χ0n) is 20.1. The van der Waals surface area contributed by atoms with Gasteiger partial charge in [0.25, 0.3) is 0 Å². The van der Waals surface area contributed by atoms with E-state index in [1.807, 2.05) is 24.3 Å². The highest BCUT2D eigenvalue weighted by Gasteiger charge is 2.13. The summed E-state index contributed by atoms with van der Waals surface area (Å²) >= 11 is 0. The molecule has 0 aliphatic rings. The van der Waals surface area contributed by atoms with Crippen LogP contribution >= 0.6 is 0 Å². The number of ether oxygens (including phenoxy) is 4. The molecule has 0 aliphatic heterocycles. The summed E-state index contributed by atoms with van der Waals surface area (Å²) in [6, 6.07) is 9.75. The minimum absolute atomic E-state index is 0.638. The molecule has 11 nitrogen and oxygen atoms in total. The maximum atomic E-state index is 9.10. The largest absolute Gasteiger partial charge is 0.493 e. The fraction of sp³-hybridized carbons (Fsp3) is 0.375. The van der Waals surface area contributed by atoms with Crippen molar-refractivity contribution >= 4 is 22.9 Å². The molecule has 35 heavy (non-hydrogen) atoms. The lowest BCUT2D eigenvalue weighted by molar-refractivity contribution is -0.159. The van der Waals surface area contributed by atoms with Crippen LogP contribution in [0.25, 0.3) is 11.0 Å². The highest BCUT2D eigenvalue weighted by Crippen LogP contribution is 2.34. The molecule has 2 aromatic carbocycles. The van der Waals surface area contributed by atoms with Crippen LogP contribution in [-0.4, -0.2) is 68.8 Å². The van der Waals surface area contributed by atoms with Crippen LogP contribution in [0.15, 0.2) is 34.9 Å². The Balaban J connectivity index is 0.000000641. The zero-order valence-corrected chi connectivity index (χ0v) is 20.1. The van der Waals surface area contributed by atoms with E-state index in [1.54, 1.807) is 28.4 Å². The predicted octanol–water partition coefficient (Wildman–Crippen LogP) is 2.78. The SMILES string of the molecule is COc1ccc(CCNCCCc2noc3cc(OC)c(OC)cc23)cc1OC.O=C(O)C(=O)O. The van der Waals surface area contributed by atoms with Crippen molar-refractivity contribution in [3.05, 3.63) is 41.6 Å². The predicted molar refractivity (Wildman–Crippen MR) is 127 cm³/mol. The Morgan fingerprint density at radius 3 is 2.03 bits per heavy atom. The first-order valence-corrected chi connectivity index (χ1v) is 10.7. The number of aliphatic carboxylic acids is 2. The minimum atomic E-state index is -1.82. The van der Waals surface area contributed by atoms with Crippen molar-refractivity contribution in [2.24, 2.45) is 0 Å². The standard InChI is InChI=1S/C22H28N2O5.C2H2O4/c1-25-18-8-7-15(12-20(18)26-2)9-11-23-10-5-6-17-16-13-21(27-3)22(28-4)14-19(16)29-24-17;3-1(4)2(5)6/h7-8,12-14,23H,5-6,9-11H2,1-4H3;(H,3,4)(H,5,6). The third kappa shape index (κ3) is 7.78. The number of carboxylic acid groups (broad SMARTS) is 2. The summed E-state index contributed by atoms with van der Waals surface area (Å²) in [5.41, 5.74) is 2.85. The first-order chi connectivity index (χ1) is 16.8. The molecule has 0 saturated carbocycles. The van der Waals surface area contributed by atoms with E-state index in [0.29, 0.717) is 17.1 Å². The number of hydrogen-bond donors (Lipinski definition) is 3. The number of methoxy groups -OCH3 is 4. The summed E-state index contributed by atoms with van der Waals surface area (Å²) in [7, 11) is 6.52. The van der Waals surface area contributed by atoms with Crippen molar-refractivity contribution in [3.63, 3.8) is 0 Å². The van der Waals surface area contributed by atoms with Gasteiger partial charge in [0.1, 0.15) is 0 Å². The van der Waals surface area contributed by atoms with Crippen LogP contribution in [0.1, 0.15) is 17.7 Å². The van der Waals surface area contributed by atoms with Crippen molar-refractivity contribution < 1.29 is 43.3 Å². The van der Waals surface area contributed by atoms with Gasteiger partial charge in [0.05, 0.1) is 34.1 Å². The molecular weight excluding hydrogens is 460 g/mol. The first kappa shape index (κ1) is 27.3. The molecule has 1 aromatic heterocycles. The van der Waals surface area contributed by atoms with E-state index < -0.39 is 11.9 Å². The number of aryl methyl sites for hydroxylation is 1. The maximum absolute atomic E-state index is 9.10. The van der Waals surface area contributed by atoms with Gasteiger partial charge in [-0.3, -0.25) is 0 Å². The Labute approximate surface area is 202 Å². The summed E-state index contributed by atoms with van der Waals surface area (Å²) in [6.07, 6.45) is 2.71. The summed E-state index contributed by atoms with van der Waals surface area (Å²) < 4.78 is 26.7. The second-order valence-corrected chi connectivity index (χ2v) is 7.24. The molecule has 0 aliphatic carbocycles. The van der Waals surface area contributed by atoms with Gasteiger partial charge in [0.15, 0.2) is 28.6 Å². The molecule has 0 bridgehead atoms. The normalized spacial score (nSPS) is 10.3. The summed E-state index contributed by atoms with van der Waals surface area (Å²) in [4.78, 5) is 18.2. The topological polar surface area (TPSA) is 150 Å². The third-order valence-corrected chi connectivity index (χ3v) is 5.04. The molecular formula is C24H30N2O9. The van der Waals surface area contributed by atoms with Gasteiger partial charge >= 0.3 is 11.9 Å². The lowest BCUT2D eigenvalue weighted by Gasteiger charge is -2.10. The van der Waals surface area contributed by atoms with Crippen LogP contribution in [-0.2, 0) is 22.4 Å². The molecule has 190 valence electrons. The van der Waals surface area contributed by atoms with Gasteiger partial charge in [-0.2, -0.15) is 0 Å². The van der Waals surface area contributed by atoms with E-state index in [2.05, 4.69) is 16.5 Å². The second kappa shape index (κ2) is 13.7. The molecule has 0 fully saturated rings. The fourth-order valence-corrected chi connectivity index (χ4v) is 3.27. The second-order valence-electron chi connectivity index (χ2n) is 7.24. The van der Waals surface area contributed by atoms with Gasteiger partial charge in [-0.15, -0.1) is 0 Å². The van der Waals surface area contributed by atoms with Crippen LogP contribution in [0.5, 0.6) is 23.0 Å². The number of benzene rings is 2. The molecule has 0 radical (unpaired) electrons. The number of carbonyl (C=O) groups is 2. The Bertz CT molecular complexity index is 1120. The smallest absolute Gasteiger partial charge is 0.414 e. The quantitative estimate of drug-likeness (QED) is 0.269. The fourth-order valence-electron chi connectivity index (χ4n) is 3.27. The van der Waals surface area contributed by atoms with Crippen LogP contribution in [0.3, 0.4) is 0 Å². The average molecular weight is 491 g/mol. The zero-order chi connectivity index (χ0) is 25.8. The van der Waals surface area contributed by atoms with Crippen molar-refractivity contribution in [2.45, 2.75) is 19.3 Å². The number of rotatable bonds is 11. The number of nitrogens with zero attached hydrogens (tertiary/aromatic N) is 1. The molecule has 0 saturated heterocycles. The van der Waals surface area contributed by atoms with Crippen molar-refractivity contribution in [2.75, 3.05) is 41.5 Å². The van der Waals surface area contributed by atoms with Crippen LogP contribution in [0.4, 0.5) is 0 Å². The van der Waals surface area contributed by atoms with Gasteiger partial charge in [-0.25, -0.2) is 9.59 Å². The molecule has 0 spiro atoms. The molecule has 11 heteroatoms. The summed E-state index contributed by atoms with van der Waals surface area (Å²) in [5.74, 6) is -0.824. The lowest BCUT2D eigenvalue weighted by atomic mass is 10.1. The van der Waals surface area contributed by atoms with Crippen LogP contribution in [0, 0.1) is 0 Å². The van der Waals surface area contributed by atoms with Crippen LogP contribution < -0.4 is 24.3 Å². The molecule has 0 amide bonds. The van der Waals surface area contributed by atoms with E-state index in [-0.39, 0.29) is 0 Å². The number of carboxylic acids is 2. The molecule has 3 aromatic rings. The van der Waals surface area contributed by atoms with E-state index in [0.717, 1.165) is 54.9 Å². The van der Waals surface area contributed by atoms with E-state index in [4.69, 9.17) is 43.3 Å². The van der Waals surface area contributed by atoms with E-state index in [9.17, 15) is 0 Å². The molecule has 0 atom stereocenters. The monoisotopic (exact) mass is 490 g/mol. The van der Waals surface area contributed by atoms with E-state index >= 15 is 0 Å². The van der Waals surface area contributed by atoms with Gasteiger partial charge in [0.2, 0.25) is 0 Å². The molecule has 3 N–H and O–H groups in total. The van der Waals surface area contributed by atoms with Crippen LogP contribution in [0.2, 0.25) is 0 Å². The number of hydrogen-bond acceptors (Lipinski definition) is 9. The molecule has 3 rings (SSSR count). The number of fused-ring (bicyclic) bond motifs is 1. The van der Waals surface area contributed by atoms with Crippen molar-refractivity contribution in [3.8, 4) is 23.0 Å². The molecule has 1 heterocycles. The average Bonchev–Trinajstić information content (AvgIpc) is 3.26. The first-order valence-electron chi connectivity index (χ1n) is 10.7. The summed E-state index contributed by atoms with van der Waals surface area (Å²) in [5, 5.41) is 23.4. The van der Waals surface area contributed by atoms with E-state index in [1.165, 1.54) is 5.56 Å². The lowest BCUT2D eigenvalue weighted by Crippen LogP contribution is -2.19. The third-order valence-electron chi connectivity index (χ3n) is 5.04. The number of nitrogens with one attached hydrogen (secondary N) is 1. The number of aromatic nitrogens is 1. The van der Waals surface area contributed by atoms with Gasteiger partial charge < -0.3 is 39.0 Å². The Kier molecular flexibility index (Phi) is 10.6. The Hall–Kier alpha value is -3.99. The van der Waals surface area contributed by atoms with Gasteiger partial charge in [-0.1, -0.05) is 11.2 Å². The Morgan fingerprint density at radius 2 is 1.43 bits per heavy atom. The Morgan fingerprint density at radius 1 is 0.829 bits per heavy atom. The summed E-state index contributed by atoms with van der Waals surface area (Å²) in [6.45, 7) is 1.79. The highest BCUT2D eigenvalue weighted by molar-refractivity contribution is 6.27. The molecule has 0 unspecified atom stereocenters. The van der Waals surface area contributed by atoms with Gasteiger partial charge in [0, 0.05) is 11.5 Å². The van der Waals surface area contributed by atoms with Crippen molar-refractivity contribution in [1.29, 1.82) is 0 Å². The maximum Gasteiger partial charge on any atom is 0.414 e. The van der Waals surface area contributed by atoms with Gasteiger partial charge in [-0.05, 0) is 56.1 Å². The minimum Gasteiger partial charge on any atom is -0.493 e. The van der Waals surface area contributed by atoms with Crippen molar-refractivity contribution in [1.82, 2.24) is 10.5 Å².